The zero-order chi connectivity index (χ0) is 25.1. The quantitative estimate of drug-likeness (QED) is 0.405. The van der Waals surface area contributed by atoms with E-state index in [9.17, 15) is 4.79 Å². The number of fused-ring (bicyclic) bond motifs is 3. The summed E-state index contributed by atoms with van der Waals surface area (Å²) in [6.45, 7) is 5.02. The summed E-state index contributed by atoms with van der Waals surface area (Å²) in [5.74, 6) is 3.25. The number of aryl methyl sites for hydroxylation is 3. The molecule has 1 aromatic carbocycles. The number of anilines is 1. The number of unbranched alkanes of at least 4 members (excludes halogenated alkanes) is 1. The lowest BCUT2D eigenvalue weighted by Gasteiger charge is -2.36. The number of amides is 1. The maximum absolute atomic E-state index is 13.4. The van der Waals surface area contributed by atoms with Gasteiger partial charge in [0.15, 0.2) is 0 Å². The van der Waals surface area contributed by atoms with Crippen molar-refractivity contribution in [1.82, 2.24) is 14.9 Å². The van der Waals surface area contributed by atoms with Gasteiger partial charge in [0, 0.05) is 43.5 Å². The lowest BCUT2D eigenvalue weighted by Crippen LogP contribution is -2.49. The van der Waals surface area contributed by atoms with Crippen LogP contribution in [0.25, 0.3) is 10.2 Å². The zero-order valence-electron chi connectivity index (χ0n) is 21.6. The van der Waals surface area contributed by atoms with Gasteiger partial charge in [-0.3, -0.25) is 4.79 Å². The van der Waals surface area contributed by atoms with E-state index < -0.39 is 0 Å². The summed E-state index contributed by atoms with van der Waals surface area (Å²) >= 11 is 1.88. The van der Waals surface area contributed by atoms with Crippen LogP contribution in [-0.4, -0.2) is 61.2 Å². The molecule has 0 bridgehead atoms. The van der Waals surface area contributed by atoms with Gasteiger partial charge in [0.1, 0.15) is 28.0 Å². The highest BCUT2D eigenvalue weighted by Crippen LogP contribution is 2.39. The Morgan fingerprint density at radius 3 is 2.58 bits per heavy atom. The molecule has 0 atom stereocenters. The van der Waals surface area contributed by atoms with Crippen LogP contribution in [0.15, 0.2) is 18.2 Å². The fourth-order valence-corrected chi connectivity index (χ4v) is 6.58. The van der Waals surface area contributed by atoms with E-state index in [1.165, 1.54) is 35.1 Å². The van der Waals surface area contributed by atoms with Gasteiger partial charge in [-0.05, 0) is 49.8 Å². The van der Waals surface area contributed by atoms with Crippen LogP contribution in [0.1, 0.15) is 65.7 Å². The second-order valence-electron chi connectivity index (χ2n) is 9.66. The Kier molecular flexibility index (Phi) is 7.60. The molecule has 0 spiro atoms. The normalized spacial score (nSPS) is 16.1. The molecule has 0 radical (unpaired) electrons. The van der Waals surface area contributed by atoms with Crippen LogP contribution in [0, 0.1) is 0 Å². The van der Waals surface area contributed by atoms with Gasteiger partial charge in [0.2, 0.25) is 0 Å². The number of carbonyl (C=O) groups excluding carboxylic acids is 1. The average Bonchev–Trinajstić information content (AvgIpc) is 3.11. The van der Waals surface area contributed by atoms with Crippen molar-refractivity contribution in [2.75, 3.05) is 45.3 Å². The van der Waals surface area contributed by atoms with E-state index >= 15 is 0 Å². The van der Waals surface area contributed by atoms with Gasteiger partial charge in [-0.15, -0.1) is 11.3 Å². The Morgan fingerprint density at radius 1 is 1.03 bits per heavy atom. The van der Waals surface area contributed by atoms with Crippen LogP contribution >= 0.6 is 11.3 Å². The largest absolute Gasteiger partial charge is 0.497 e. The molecule has 5 rings (SSSR count). The molecule has 3 aromatic rings. The van der Waals surface area contributed by atoms with Crippen LogP contribution < -0.4 is 14.4 Å². The highest BCUT2D eigenvalue weighted by molar-refractivity contribution is 7.19. The molecule has 0 unspecified atom stereocenters. The Labute approximate surface area is 217 Å². The Balaban J connectivity index is 1.41. The molecule has 1 saturated heterocycles. The molecule has 2 aliphatic rings. The van der Waals surface area contributed by atoms with Crippen molar-refractivity contribution < 1.29 is 14.3 Å². The maximum atomic E-state index is 13.4. The zero-order valence-corrected chi connectivity index (χ0v) is 22.5. The summed E-state index contributed by atoms with van der Waals surface area (Å²) in [6, 6.07) is 5.37. The summed E-state index contributed by atoms with van der Waals surface area (Å²) < 4.78 is 10.8. The first kappa shape index (κ1) is 24.8. The van der Waals surface area contributed by atoms with Crippen molar-refractivity contribution in [2.24, 2.45) is 0 Å². The lowest BCUT2D eigenvalue weighted by molar-refractivity contribution is 0.0743. The number of rotatable bonds is 7. The first-order valence-corrected chi connectivity index (χ1v) is 14.0. The standard InChI is InChI=1S/C28H36N4O3S/c1-4-5-11-24-29-26(25-21-9-7-6-8-10-23(21)36-27(25)30-24)31-14-16-32(17-15-31)28(33)20-13-12-19(34-2)18-22(20)35-3/h12-13,18H,4-11,14-17H2,1-3H3. The summed E-state index contributed by atoms with van der Waals surface area (Å²) in [7, 11) is 3.20. The van der Waals surface area contributed by atoms with Crippen LogP contribution in [0.3, 0.4) is 0 Å². The molecular formula is C28H36N4O3S. The van der Waals surface area contributed by atoms with E-state index in [0.717, 1.165) is 61.7 Å². The van der Waals surface area contributed by atoms with Crippen LogP contribution in [0.5, 0.6) is 11.5 Å². The number of thiophene rings is 1. The minimum atomic E-state index is -0.00461. The SMILES string of the molecule is CCCCc1nc(N2CCN(C(=O)c3ccc(OC)cc3OC)CC2)c2c3c(sc2n1)CCCCC3. The molecule has 1 amide bonds. The summed E-state index contributed by atoms with van der Waals surface area (Å²) in [4.78, 5) is 30.5. The number of piperazine rings is 1. The number of ether oxygens (including phenoxy) is 2. The predicted molar refractivity (Wildman–Crippen MR) is 145 cm³/mol. The van der Waals surface area contributed by atoms with Crippen molar-refractivity contribution in [3.05, 3.63) is 40.0 Å². The van der Waals surface area contributed by atoms with E-state index in [0.29, 0.717) is 30.2 Å². The molecule has 7 nitrogen and oxygen atoms in total. The first-order valence-electron chi connectivity index (χ1n) is 13.2. The molecule has 192 valence electrons. The summed E-state index contributed by atoms with van der Waals surface area (Å²) in [6.07, 6.45) is 9.22. The predicted octanol–water partition coefficient (Wildman–Crippen LogP) is 5.28. The number of carbonyl (C=O) groups is 1. The number of methoxy groups -OCH3 is 2. The molecular weight excluding hydrogens is 472 g/mol. The molecule has 0 N–H and O–H groups in total. The summed E-state index contributed by atoms with van der Waals surface area (Å²) in [5.41, 5.74) is 2.05. The van der Waals surface area contributed by atoms with Gasteiger partial charge in [-0.25, -0.2) is 9.97 Å². The topological polar surface area (TPSA) is 67.8 Å². The van der Waals surface area contributed by atoms with Gasteiger partial charge < -0.3 is 19.3 Å². The second kappa shape index (κ2) is 11.0. The third-order valence-electron chi connectivity index (χ3n) is 7.35. The third kappa shape index (κ3) is 4.88. The van der Waals surface area contributed by atoms with Crippen LogP contribution in [-0.2, 0) is 19.3 Å². The molecule has 1 fully saturated rings. The van der Waals surface area contributed by atoms with Crippen LogP contribution in [0.2, 0.25) is 0 Å². The smallest absolute Gasteiger partial charge is 0.257 e. The van der Waals surface area contributed by atoms with Gasteiger partial charge in [-0.1, -0.05) is 19.8 Å². The number of hydrogen-bond donors (Lipinski definition) is 0. The Morgan fingerprint density at radius 2 is 1.83 bits per heavy atom. The van der Waals surface area contributed by atoms with Gasteiger partial charge >= 0.3 is 0 Å². The molecule has 8 heteroatoms. The minimum Gasteiger partial charge on any atom is -0.497 e. The molecule has 36 heavy (non-hydrogen) atoms. The highest BCUT2D eigenvalue weighted by Gasteiger charge is 2.28. The fourth-order valence-electron chi connectivity index (χ4n) is 5.30. The van der Waals surface area contributed by atoms with Gasteiger partial charge in [0.05, 0.1) is 25.2 Å². The number of benzene rings is 1. The van der Waals surface area contributed by atoms with Crippen molar-refractivity contribution in [3.8, 4) is 11.5 Å². The minimum absolute atomic E-state index is 0.00461. The van der Waals surface area contributed by atoms with Gasteiger partial charge in [-0.2, -0.15) is 0 Å². The average molecular weight is 509 g/mol. The highest BCUT2D eigenvalue weighted by atomic mass is 32.1. The molecule has 1 aliphatic carbocycles. The second-order valence-corrected chi connectivity index (χ2v) is 10.7. The molecule has 3 heterocycles. The molecule has 1 aliphatic heterocycles. The van der Waals surface area contributed by atoms with E-state index in [-0.39, 0.29) is 5.91 Å². The lowest BCUT2D eigenvalue weighted by atomic mass is 10.1. The van der Waals surface area contributed by atoms with E-state index in [1.807, 2.05) is 22.3 Å². The van der Waals surface area contributed by atoms with Crippen molar-refractivity contribution in [2.45, 2.75) is 58.3 Å². The van der Waals surface area contributed by atoms with Gasteiger partial charge in [0.25, 0.3) is 5.91 Å². The maximum Gasteiger partial charge on any atom is 0.257 e. The van der Waals surface area contributed by atoms with Crippen molar-refractivity contribution >= 4 is 33.3 Å². The van der Waals surface area contributed by atoms with Crippen molar-refractivity contribution in [3.63, 3.8) is 0 Å². The summed E-state index contributed by atoms with van der Waals surface area (Å²) in [5, 5.41) is 1.27. The van der Waals surface area contributed by atoms with E-state index in [4.69, 9.17) is 19.4 Å². The molecule has 2 aromatic heterocycles. The monoisotopic (exact) mass is 508 g/mol. The van der Waals surface area contributed by atoms with E-state index in [2.05, 4.69) is 11.8 Å². The van der Waals surface area contributed by atoms with Crippen molar-refractivity contribution in [1.29, 1.82) is 0 Å². The van der Waals surface area contributed by atoms with Crippen LogP contribution in [0.4, 0.5) is 5.82 Å². The third-order valence-corrected chi connectivity index (χ3v) is 8.54. The van der Waals surface area contributed by atoms with E-state index in [1.54, 1.807) is 26.4 Å². The first-order chi connectivity index (χ1) is 17.6. The number of hydrogen-bond acceptors (Lipinski definition) is 7. The Hall–Kier alpha value is -2.87. The fraction of sp³-hybridized carbons (Fsp3) is 0.536. The number of aromatic nitrogens is 2. The molecule has 0 saturated carbocycles. The Bertz CT molecular complexity index is 1230. The number of nitrogens with zero attached hydrogens (tertiary/aromatic N) is 4.